The van der Waals surface area contributed by atoms with Gasteiger partial charge >= 0.3 is 11.9 Å². The van der Waals surface area contributed by atoms with Crippen molar-refractivity contribution >= 4 is 34.5 Å². The highest BCUT2D eigenvalue weighted by molar-refractivity contribution is 14.1. The van der Waals surface area contributed by atoms with Crippen LogP contribution in [0.15, 0.2) is 24.3 Å². The number of rotatable bonds is 4. The Morgan fingerprint density at radius 2 is 1.95 bits per heavy atom. The average molecular weight is 374 g/mol. The first-order valence-electron chi connectivity index (χ1n) is 5.61. The van der Waals surface area contributed by atoms with Gasteiger partial charge in [0.15, 0.2) is 0 Å². The van der Waals surface area contributed by atoms with E-state index in [0.29, 0.717) is 16.9 Å². The molecule has 0 N–H and O–H groups in total. The molecular formula is C14H15IO4. The minimum absolute atomic E-state index is 0.0476. The molecule has 0 saturated carbocycles. The van der Waals surface area contributed by atoms with E-state index in [2.05, 4.69) is 29.2 Å². The van der Waals surface area contributed by atoms with Gasteiger partial charge in [0.05, 0.1) is 0 Å². The van der Waals surface area contributed by atoms with Gasteiger partial charge in [-0.15, -0.1) is 0 Å². The third kappa shape index (κ3) is 4.66. The Hall–Kier alpha value is -1.37. The number of benzene rings is 1. The standard InChI is InChI=1S/C14H15IO4/c1-8(2)14(17)18-7-11-6-12(15)5-9(3)13(11)19-10(4)16/h5-6H,1,7H2,2-4H3. The third-order valence-electron chi connectivity index (χ3n) is 2.27. The predicted octanol–water partition coefficient (Wildman–Crippen LogP) is 3.14. The molecule has 19 heavy (non-hydrogen) atoms. The summed E-state index contributed by atoms with van der Waals surface area (Å²) in [6, 6.07) is 3.71. The van der Waals surface area contributed by atoms with E-state index in [4.69, 9.17) is 9.47 Å². The number of carbonyl (C=O) groups is 2. The molecule has 5 heteroatoms. The number of aryl methyl sites for hydroxylation is 1. The summed E-state index contributed by atoms with van der Waals surface area (Å²) < 4.78 is 11.2. The van der Waals surface area contributed by atoms with Crippen LogP contribution < -0.4 is 4.74 Å². The van der Waals surface area contributed by atoms with Crippen molar-refractivity contribution in [2.24, 2.45) is 0 Å². The molecule has 0 aliphatic carbocycles. The Labute approximate surface area is 125 Å². The highest BCUT2D eigenvalue weighted by Crippen LogP contribution is 2.27. The summed E-state index contributed by atoms with van der Waals surface area (Å²) in [7, 11) is 0. The zero-order chi connectivity index (χ0) is 14.6. The molecule has 0 spiro atoms. The number of hydrogen-bond donors (Lipinski definition) is 0. The monoisotopic (exact) mass is 374 g/mol. The molecule has 0 fully saturated rings. The van der Waals surface area contributed by atoms with Crippen LogP contribution in [0.1, 0.15) is 25.0 Å². The van der Waals surface area contributed by atoms with Crippen molar-refractivity contribution in [2.75, 3.05) is 0 Å². The van der Waals surface area contributed by atoms with Crippen LogP contribution in [-0.2, 0) is 20.9 Å². The SMILES string of the molecule is C=C(C)C(=O)OCc1cc(I)cc(C)c1OC(C)=O. The maximum atomic E-state index is 11.4. The van der Waals surface area contributed by atoms with E-state index < -0.39 is 11.9 Å². The Morgan fingerprint density at radius 3 is 2.47 bits per heavy atom. The molecule has 0 atom stereocenters. The van der Waals surface area contributed by atoms with Gasteiger partial charge in [0.25, 0.3) is 0 Å². The summed E-state index contributed by atoms with van der Waals surface area (Å²) in [5.41, 5.74) is 1.81. The summed E-state index contributed by atoms with van der Waals surface area (Å²) in [6.45, 7) is 8.31. The fraction of sp³-hybridized carbons (Fsp3) is 0.286. The lowest BCUT2D eigenvalue weighted by molar-refractivity contribution is -0.140. The molecule has 0 bridgehead atoms. The fourth-order valence-corrected chi connectivity index (χ4v) is 2.31. The Bertz CT molecular complexity index is 534. The maximum absolute atomic E-state index is 11.4. The first kappa shape index (κ1) is 15.7. The van der Waals surface area contributed by atoms with Crippen molar-refractivity contribution in [2.45, 2.75) is 27.4 Å². The maximum Gasteiger partial charge on any atom is 0.333 e. The second-order valence-electron chi connectivity index (χ2n) is 4.16. The molecule has 1 rings (SSSR count). The van der Waals surface area contributed by atoms with Gasteiger partial charge in [0.1, 0.15) is 12.4 Å². The Morgan fingerprint density at radius 1 is 1.32 bits per heavy atom. The number of halogens is 1. The smallest absolute Gasteiger partial charge is 0.333 e. The van der Waals surface area contributed by atoms with Crippen LogP contribution in [0.2, 0.25) is 0 Å². The van der Waals surface area contributed by atoms with E-state index in [0.717, 1.165) is 9.13 Å². The van der Waals surface area contributed by atoms with E-state index in [9.17, 15) is 9.59 Å². The highest BCUT2D eigenvalue weighted by Gasteiger charge is 2.13. The summed E-state index contributed by atoms with van der Waals surface area (Å²) in [5.74, 6) is -0.426. The van der Waals surface area contributed by atoms with Crippen LogP contribution in [-0.4, -0.2) is 11.9 Å². The number of carbonyl (C=O) groups excluding carboxylic acids is 2. The van der Waals surface area contributed by atoms with Gasteiger partial charge in [-0.05, 0) is 54.1 Å². The van der Waals surface area contributed by atoms with Gasteiger partial charge < -0.3 is 9.47 Å². The second kappa shape index (κ2) is 6.70. The summed E-state index contributed by atoms with van der Waals surface area (Å²) >= 11 is 2.15. The Balaban J connectivity index is 3.00. The highest BCUT2D eigenvalue weighted by atomic mass is 127. The average Bonchev–Trinajstić information content (AvgIpc) is 2.29. The van der Waals surface area contributed by atoms with Crippen LogP contribution >= 0.6 is 22.6 Å². The van der Waals surface area contributed by atoms with Gasteiger partial charge in [-0.1, -0.05) is 6.58 Å². The van der Waals surface area contributed by atoms with Crippen LogP contribution in [0, 0.1) is 10.5 Å². The van der Waals surface area contributed by atoms with E-state index in [-0.39, 0.29) is 6.61 Å². The van der Waals surface area contributed by atoms with Crippen LogP contribution in [0.3, 0.4) is 0 Å². The van der Waals surface area contributed by atoms with Crippen molar-refractivity contribution in [3.05, 3.63) is 39.0 Å². The quantitative estimate of drug-likeness (QED) is 0.352. The van der Waals surface area contributed by atoms with E-state index in [1.807, 2.05) is 19.1 Å². The normalized spacial score (nSPS) is 9.89. The van der Waals surface area contributed by atoms with E-state index in [1.54, 1.807) is 6.92 Å². The minimum atomic E-state index is -0.467. The first-order valence-corrected chi connectivity index (χ1v) is 6.69. The predicted molar refractivity (Wildman–Crippen MR) is 79.8 cm³/mol. The van der Waals surface area contributed by atoms with Crippen molar-refractivity contribution in [1.29, 1.82) is 0 Å². The molecule has 0 amide bonds. The zero-order valence-corrected chi connectivity index (χ0v) is 13.2. The minimum Gasteiger partial charge on any atom is -0.457 e. The van der Waals surface area contributed by atoms with E-state index in [1.165, 1.54) is 6.92 Å². The van der Waals surface area contributed by atoms with E-state index >= 15 is 0 Å². The molecule has 0 aliphatic rings. The summed E-state index contributed by atoms with van der Waals surface area (Å²) in [6.07, 6.45) is 0. The molecule has 4 nitrogen and oxygen atoms in total. The molecule has 0 heterocycles. The van der Waals surface area contributed by atoms with Gasteiger partial charge in [0.2, 0.25) is 0 Å². The van der Waals surface area contributed by atoms with Gasteiger partial charge in [0, 0.05) is 21.6 Å². The molecule has 0 aliphatic heterocycles. The topological polar surface area (TPSA) is 52.6 Å². The first-order chi connectivity index (χ1) is 8.81. The second-order valence-corrected chi connectivity index (χ2v) is 5.41. The largest absolute Gasteiger partial charge is 0.457 e. The number of esters is 2. The van der Waals surface area contributed by atoms with Gasteiger partial charge in [-0.3, -0.25) is 4.79 Å². The molecule has 1 aromatic rings. The van der Waals surface area contributed by atoms with Gasteiger partial charge in [-0.2, -0.15) is 0 Å². The van der Waals surface area contributed by atoms with Crippen LogP contribution in [0.4, 0.5) is 0 Å². The number of hydrogen-bond acceptors (Lipinski definition) is 4. The lowest BCUT2D eigenvalue weighted by atomic mass is 10.1. The third-order valence-corrected chi connectivity index (χ3v) is 2.89. The van der Waals surface area contributed by atoms with Crippen LogP contribution in [0.25, 0.3) is 0 Å². The molecule has 102 valence electrons. The summed E-state index contributed by atoms with van der Waals surface area (Å²) in [4.78, 5) is 22.5. The van der Waals surface area contributed by atoms with Gasteiger partial charge in [-0.25, -0.2) is 4.79 Å². The van der Waals surface area contributed by atoms with Crippen molar-refractivity contribution in [3.8, 4) is 5.75 Å². The van der Waals surface area contributed by atoms with Crippen molar-refractivity contribution in [1.82, 2.24) is 0 Å². The molecule has 0 saturated heterocycles. The lowest BCUT2D eigenvalue weighted by Crippen LogP contribution is -2.09. The van der Waals surface area contributed by atoms with Crippen molar-refractivity contribution < 1.29 is 19.1 Å². The molecule has 0 unspecified atom stereocenters. The summed E-state index contributed by atoms with van der Waals surface area (Å²) in [5, 5.41) is 0. The van der Waals surface area contributed by atoms with Crippen LogP contribution in [0.5, 0.6) is 5.75 Å². The molecule has 1 aromatic carbocycles. The Kier molecular flexibility index (Phi) is 5.53. The molecule has 0 radical (unpaired) electrons. The molecule has 0 aromatic heterocycles. The number of ether oxygens (including phenoxy) is 2. The van der Waals surface area contributed by atoms with Crippen molar-refractivity contribution in [3.63, 3.8) is 0 Å². The molecular weight excluding hydrogens is 359 g/mol. The zero-order valence-electron chi connectivity index (χ0n) is 11.1. The lowest BCUT2D eigenvalue weighted by Gasteiger charge is -2.13. The fourth-order valence-electron chi connectivity index (χ4n) is 1.46.